The first-order valence-corrected chi connectivity index (χ1v) is 4.19. The van der Waals surface area contributed by atoms with Crippen LogP contribution in [0, 0.1) is 0 Å². The number of fused-ring (bicyclic) bond motifs is 1. The molecule has 4 heteroatoms. The zero-order valence-corrected chi connectivity index (χ0v) is 8.02. The number of rotatable bonds is 2. The van der Waals surface area contributed by atoms with Gasteiger partial charge in [0, 0.05) is 18.3 Å². The molecule has 0 aromatic carbocycles. The molecule has 2 aromatic heterocycles. The van der Waals surface area contributed by atoms with Gasteiger partial charge in [-0.3, -0.25) is 4.98 Å². The Kier molecular flexibility index (Phi) is 2.18. The maximum absolute atomic E-state index is 5.17. The lowest BCUT2D eigenvalue weighted by molar-refractivity contribution is 0.396. The molecule has 0 aliphatic carbocycles. The Bertz CT molecular complexity index is 457. The van der Waals surface area contributed by atoms with Crippen LogP contribution in [-0.2, 0) is 0 Å². The molecule has 0 bridgehead atoms. The minimum atomic E-state index is 0.559. The Morgan fingerprint density at radius 3 is 2.64 bits per heavy atom. The second kappa shape index (κ2) is 3.49. The number of ether oxygens (including phenoxy) is 2. The maximum Gasteiger partial charge on any atom is 0.213 e. The quantitative estimate of drug-likeness (QED) is 0.722. The Balaban J connectivity index is 2.70. The van der Waals surface area contributed by atoms with Crippen molar-refractivity contribution in [2.24, 2.45) is 0 Å². The largest absolute Gasteiger partial charge is 0.494 e. The highest BCUT2D eigenvalue weighted by Crippen LogP contribution is 2.23. The first kappa shape index (κ1) is 8.74. The molecule has 72 valence electrons. The van der Waals surface area contributed by atoms with E-state index in [-0.39, 0.29) is 0 Å². The molecule has 0 spiro atoms. The van der Waals surface area contributed by atoms with Crippen molar-refractivity contribution in [3.05, 3.63) is 24.4 Å². The summed E-state index contributed by atoms with van der Waals surface area (Å²) in [5, 5.41) is 0. The Morgan fingerprint density at radius 1 is 1.07 bits per heavy atom. The zero-order chi connectivity index (χ0) is 9.97. The summed E-state index contributed by atoms with van der Waals surface area (Å²) in [6.07, 6.45) is 1.69. The van der Waals surface area contributed by atoms with Gasteiger partial charge in [0.2, 0.25) is 5.88 Å². The van der Waals surface area contributed by atoms with E-state index in [2.05, 4.69) is 9.97 Å². The van der Waals surface area contributed by atoms with Crippen LogP contribution >= 0.6 is 0 Å². The van der Waals surface area contributed by atoms with E-state index in [9.17, 15) is 0 Å². The van der Waals surface area contributed by atoms with E-state index in [1.165, 1.54) is 0 Å². The van der Waals surface area contributed by atoms with Crippen LogP contribution in [0.3, 0.4) is 0 Å². The predicted octanol–water partition coefficient (Wildman–Crippen LogP) is 1.65. The van der Waals surface area contributed by atoms with Crippen molar-refractivity contribution in [2.75, 3.05) is 14.2 Å². The summed E-state index contributed by atoms with van der Waals surface area (Å²) in [7, 11) is 3.19. The SMILES string of the molecule is COc1ccc2nccc(OC)c2n1. The number of hydrogen-bond acceptors (Lipinski definition) is 4. The van der Waals surface area contributed by atoms with Crippen LogP contribution in [0.15, 0.2) is 24.4 Å². The molecule has 0 fully saturated rings. The van der Waals surface area contributed by atoms with E-state index in [0.29, 0.717) is 17.1 Å². The minimum Gasteiger partial charge on any atom is -0.494 e. The van der Waals surface area contributed by atoms with Gasteiger partial charge in [-0.1, -0.05) is 0 Å². The summed E-state index contributed by atoms with van der Waals surface area (Å²) < 4.78 is 10.2. The lowest BCUT2D eigenvalue weighted by Gasteiger charge is -2.04. The van der Waals surface area contributed by atoms with Crippen LogP contribution in [0.4, 0.5) is 0 Å². The van der Waals surface area contributed by atoms with Crippen LogP contribution in [0.5, 0.6) is 11.6 Å². The van der Waals surface area contributed by atoms with E-state index in [4.69, 9.17) is 9.47 Å². The lowest BCUT2D eigenvalue weighted by atomic mass is 10.3. The molecule has 0 amide bonds. The highest BCUT2D eigenvalue weighted by atomic mass is 16.5. The first-order valence-electron chi connectivity index (χ1n) is 4.19. The lowest BCUT2D eigenvalue weighted by Crippen LogP contribution is -1.92. The van der Waals surface area contributed by atoms with Gasteiger partial charge in [-0.15, -0.1) is 0 Å². The van der Waals surface area contributed by atoms with Crippen molar-refractivity contribution in [3.63, 3.8) is 0 Å². The number of nitrogens with zero attached hydrogens (tertiary/aromatic N) is 2. The molecule has 0 N–H and O–H groups in total. The second-order valence-electron chi connectivity index (χ2n) is 2.73. The van der Waals surface area contributed by atoms with Gasteiger partial charge in [-0.05, 0) is 6.07 Å². The molecule has 0 unspecified atom stereocenters. The molecule has 2 heterocycles. The van der Waals surface area contributed by atoms with E-state index >= 15 is 0 Å². The fourth-order valence-electron chi connectivity index (χ4n) is 1.26. The van der Waals surface area contributed by atoms with Gasteiger partial charge in [0.15, 0.2) is 0 Å². The number of aromatic nitrogens is 2. The average Bonchev–Trinajstić information content (AvgIpc) is 2.27. The van der Waals surface area contributed by atoms with E-state index < -0.39 is 0 Å². The molecule has 14 heavy (non-hydrogen) atoms. The minimum absolute atomic E-state index is 0.559. The fraction of sp³-hybridized carbons (Fsp3) is 0.200. The first-order chi connectivity index (χ1) is 6.85. The molecular formula is C10H10N2O2. The molecular weight excluding hydrogens is 180 g/mol. The molecule has 0 radical (unpaired) electrons. The van der Waals surface area contributed by atoms with Crippen molar-refractivity contribution in [2.45, 2.75) is 0 Å². The van der Waals surface area contributed by atoms with Crippen molar-refractivity contribution in [3.8, 4) is 11.6 Å². The number of hydrogen-bond donors (Lipinski definition) is 0. The monoisotopic (exact) mass is 190 g/mol. The fourth-order valence-corrected chi connectivity index (χ4v) is 1.26. The summed E-state index contributed by atoms with van der Waals surface area (Å²) in [6, 6.07) is 5.40. The van der Waals surface area contributed by atoms with E-state index in [1.54, 1.807) is 32.5 Å². The van der Waals surface area contributed by atoms with Crippen molar-refractivity contribution >= 4 is 11.0 Å². The van der Waals surface area contributed by atoms with Gasteiger partial charge in [0.05, 0.1) is 19.7 Å². The van der Waals surface area contributed by atoms with Gasteiger partial charge in [0.1, 0.15) is 11.3 Å². The van der Waals surface area contributed by atoms with Gasteiger partial charge in [-0.2, -0.15) is 0 Å². The van der Waals surface area contributed by atoms with E-state index in [0.717, 1.165) is 5.52 Å². The third-order valence-electron chi connectivity index (χ3n) is 1.95. The Morgan fingerprint density at radius 2 is 1.93 bits per heavy atom. The third kappa shape index (κ3) is 1.35. The number of methoxy groups -OCH3 is 2. The van der Waals surface area contributed by atoms with Crippen LogP contribution < -0.4 is 9.47 Å². The molecule has 0 aliphatic heterocycles. The van der Waals surface area contributed by atoms with Crippen LogP contribution in [0.1, 0.15) is 0 Å². The standard InChI is InChI=1S/C10H10N2O2/c1-13-8-5-6-11-7-3-4-9(14-2)12-10(7)8/h3-6H,1-2H3. The van der Waals surface area contributed by atoms with Crippen molar-refractivity contribution < 1.29 is 9.47 Å². The predicted molar refractivity (Wildman–Crippen MR) is 52.6 cm³/mol. The smallest absolute Gasteiger partial charge is 0.213 e. The molecule has 0 atom stereocenters. The summed E-state index contributed by atoms with van der Waals surface area (Å²) in [5.74, 6) is 1.26. The topological polar surface area (TPSA) is 44.2 Å². The third-order valence-corrected chi connectivity index (χ3v) is 1.95. The van der Waals surface area contributed by atoms with Gasteiger partial charge in [-0.25, -0.2) is 4.98 Å². The molecule has 2 rings (SSSR count). The average molecular weight is 190 g/mol. The van der Waals surface area contributed by atoms with Crippen molar-refractivity contribution in [1.29, 1.82) is 0 Å². The molecule has 0 saturated heterocycles. The normalized spacial score (nSPS) is 10.1. The van der Waals surface area contributed by atoms with Crippen LogP contribution in [0.25, 0.3) is 11.0 Å². The molecule has 0 saturated carbocycles. The summed E-state index contributed by atoms with van der Waals surface area (Å²) in [5.41, 5.74) is 1.51. The van der Waals surface area contributed by atoms with Gasteiger partial charge in [0.25, 0.3) is 0 Å². The summed E-state index contributed by atoms with van der Waals surface area (Å²) in [6.45, 7) is 0. The highest BCUT2D eigenvalue weighted by molar-refractivity contribution is 5.80. The highest BCUT2D eigenvalue weighted by Gasteiger charge is 2.04. The summed E-state index contributed by atoms with van der Waals surface area (Å²) in [4.78, 5) is 8.42. The molecule has 2 aromatic rings. The second-order valence-corrected chi connectivity index (χ2v) is 2.73. The number of pyridine rings is 2. The van der Waals surface area contributed by atoms with Crippen molar-refractivity contribution in [1.82, 2.24) is 9.97 Å². The van der Waals surface area contributed by atoms with Crippen LogP contribution in [-0.4, -0.2) is 24.2 Å². The maximum atomic E-state index is 5.17. The Hall–Kier alpha value is -1.84. The Labute approximate surface area is 81.5 Å². The van der Waals surface area contributed by atoms with E-state index in [1.807, 2.05) is 6.07 Å². The van der Waals surface area contributed by atoms with Crippen LogP contribution in [0.2, 0.25) is 0 Å². The summed E-state index contributed by atoms with van der Waals surface area (Å²) >= 11 is 0. The molecule has 0 aliphatic rings. The zero-order valence-electron chi connectivity index (χ0n) is 8.02. The molecule has 4 nitrogen and oxygen atoms in total. The van der Waals surface area contributed by atoms with Gasteiger partial charge >= 0.3 is 0 Å². The van der Waals surface area contributed by atoms with Gasteiger partial charge < -0.3 is 9.47 Å².